The molecule has 0 amide bonds. The zero-order valence-corrected chi connectivity index (χ0v) is 12.1. The van der Waals surface area contributed by atoms with Gasteiger partial charge in [0.05, 0.1) is 18.8 Å². The van der Waals surface area contributed by atoms with Gasteiger partial charge in [0.2, 0.25) is 0 Å². The van der Waals surface area contributed by atoms with Gasteiger partial charge in [0.25, 0.3) is 0 Å². The lowest BCUT2D eigenvalue weighted by Gasteiger charge is -2.33. The average Bonchev–Trinajstić information content (AvgIpc) is 2.51. The summed E-state index contributed by atoms with van der Waals surface area (Å²) in [6.07, 6.45) is -0.902. The Morgan fingerprint density at radius 1 is 1.37 bits per heavy atom. The minimum absolute atomic E-state index is 0.00796. The van der Waals surface area contributed by atoms with Crippen LogP contribution in [0.15, 0.2) is 11.6 Å². The van der Waals surface area contributed by atoms with Crippen molar-refractivity contribution in [3.63, 3.8) is 0 Å². The fourth-order valence-electron chi connectivity index (χ4n) is 3.35. The van der Waals surface area contributed by atoms with Crippen LogP contribution < -0.4 is 0 Å². The quantitative estimate of drug-likeness (QED) is 0.514. The first kappa shape index (κ1) is 16.1. The Labute approximate surface area is 113 Å². The topological polar surface area (TPSA) is 87.0 Å². The molecular formula is C14H24O5. The molecule has 0 unspecified atom stereocenters. The summed E-state index contributed by atoms with van der Waals surface area (Å²) < 4.78 is 4.71. The predicted molar refractivity (Wildman–Crippen MR) is 70.2 cm³/mol. The van der Waals surface area contributed by atoms with Gasteiger partial charge in [-0.2, -0.15) is 0 Å². The first-order valence-electron chi connectivity index (χ1n) is 6.53. The van der Waals surface area contributed by atoms with E-state index >= 15 is 0 Å². The molecule has 110 valence electrons. The van der Waals surface area contributed by atoms with Gasteiger partial charge in [-0.3, -0.25) is 0 Å². The summed E-state index contributed by atoms with van der Waals surface area (Å²) in [7, 11) is 1.27. The van der Waals surface area contributed by atoms with Crippen molar-refractivity contribution in [2.45, 2.75) is 45.5 Å². The maximum atomic E-state index is 11.8. The Morgan fingerprint density at radius 2 is 1.89 bits per heavy atom. The summed E-state index contributed by atoms with van der Waals surface area (Å²) in [6, 6.07) is 0. The highest BCUT2D eigenvalue weighted by Crippen LogP contribution is 2.47. The molecule has 19 heavy (non-hydrogen) atoms. The molecule has 0 aromatic rings. The molecule has 1 fully saturated rings. The lowest BCUT2D eigenvalue weighted by molar-refractivity contribution is -0.137. The third-order valence-electron chi connectivity index (χ3n) is 4.16. The molecule has 0 spiro atoms. The number of methoxy groups -OCH3 is 1. The van der Waals surface area contributed by atoms with E-state index < -0.39 is 35.6 Å². The van der Waals surface area contributed by atoms with Crippen LogP contribution in [0.2, 0.25) is 0 Å². The van der Waals surface area contributed by atoms with Crippen molar-refractivity contribution in [1.29, 1.82) is 0 Å². The molecule has 0 radical (unpaired) electrons. The molecular weight excluding hydrogens is 248 g/mol. The van der Waals surface area contributed by atoms with Gasteiger partial charge in [-0.1, -0.05) is 19.9 Å². The number of aliphatic hydroxyl groups excluding tert-OH is 2. The van der Waals surface area contributed by atoms with E-state index in [9.17, 15) is 20.1 Å². The van der Waals surface area contributed by atoms with Gasteiger partial charge in [-0.15, -0.1) is 0 Å². The Kier molecular flexibility index (Phi) is 4.76. The van der Waals surface area contributed by atoms with Crippen LogP contribution >= 0.6 is 0 Å². The van der Waals surface area contributed by atoms with Gasteiger partial charge >= 0.3 is 5.97 Å². The van der Waals surface area contributed by atoms with Crippen molar-refractivity contribution in [3.8, 4) is 0 Å². The SMILES string of the molecule is C/C=C(/C(=O)OC)[C@H]1[C@H](O)[C@H](O)[C@](C)(O)[C@H]1C(C)C. The van der Waals surface area contributed by atoms with E-state index in [2.05, 4.69) is 0 Å². The normalized spacial score (nSPS) is 39.7. The molecule has 3 N–H and O–H groups in total. The van der Waals surface area contributed by atoms with Crippen molar-refractivity contribution in [2.24, 2.45) is 17.8 Å². The van der Waals surface area contributed by atoms with E-state index in [1.54, 1.807) is 13.0 Å². The van der Waals surface area contributed by atoms with Gasteiger partial charge in [0, 0.05) is 17.4 Å². The molecule has 5 atom stereocenters. The maximum Gasteiger partial charge on any atom is 0.333 e. The molecule has 1 aliphatic carbocycles. The molecule has 5 heteroatoms. The highest BCUT2D eigenvalue weighted by molar-refractivity contribution is 5.89. The van der Waals surface area contributed by atoms with Gasteiger partial charge in [-0.05, 0) is 19.8 Å². The van der Waals surface area contributed by atoms with Crippen LogP contribution in [0, 0.1) is 17.8 Å². The number of carbonyl (C=O) groups excluding carboxylic acids is 1. The van der Waals surface area contributed by atoms with E-state index in [1.807, 2.05) is 13.8 Å². The van der Waals surface area contributed by atoms with Crippen molar-refractivity contribution in [2.75, 3.05) is 7.11 Å². The van der Waals surface area contributed by atoms with E-state index in [0.717, 1.165) is 0 Å². The van der Waals surface area contributed by atoms with Gasteiger partial charge in [0.15, 0.2) is 0 Å². The minimum Gasteiger partial charge on any atom is -0.466 e. The molecule has 1 rings (SSSR count). The monoisotopic (exact) mass is 272 g/mol. The lowest BCUT2D eigenvalue weighted by atomic mass is 9.75. The number of rotatable bonds is 3. The molecule has 0 aliphatic heterocycles. The van der Waals surface area contributed by atoms with Crippen LogP contribution in [0.4, 0.5) is 0 Å². The number of allylic oxidation sites excluding steroid dienone is 1. The fourth-order valence-corrected chi connectivity index (χ4v) is 3.35. The van der Waals surface area contributed by atoms with Crippen LogP contribution in [-0.2, 0) is 9.53 Å². The first-order valence-corrected chi connectivity index (χ1v) is 6.53. The van der Waals surface area contributed by atoms with Crippen LogP contribution in [0.1, 0.15) is 27.7 Å². The standard InChI is InChI=1S/C14H24O5/c1-6-8(13(17)19-5)9-10(7(2)3)14(4,18)12(16)11(9)15/h6-7,9-12,15-16,18H,1-5H3/b8-6+/t9-,10+,11+,12+,14-/m1/s1. The molecule has 0 aromatic carbocycles. The Bertz CT molecular complexity index is 372. The van der Waals surface area contributed by atoms with Gasteiger partial charge in [-0.25, -0.2) is 4.79 Å². The van der Waals surface area contributed by atoms with E-state index in [1.165, 1.54) is 14.0 Å². The summed E-state index contributed by atoms with van der Waals surface area (Å²) in [4.78, 5) is 11.8. The molecule has 0 bridgehead atoms. The molecule has 0 heterocycles. The maximum absolute atomic E-state index is 11.8. The second kappa shape index (κ2) is 5.61. The van der Waals surface area contributed by atoms with Gasteiger partial charge in [0.1, 0.15) is 6.10 Å². The summed E-state index contributed by atoms with van der Waals surface area (Å²) >= 11 is 0. The van der Waals surface area contributed by atoms with Crippen LogP contribution in [-0.4, -0.2) is 46.2 Å². The van der Waals surface area contributed by atoms with Crippen molar-refractivity contribution >= 4 is 5.97 Å². The number of hydrogen-bond donors (Lipinski definition) is 3. The Balaban J connectivity index is 3.27. The van der Waals surface area contributed by atoms with Crippen molar-refractivity contribution in [1.82, 2.24) is 0 Å². The third-order valence-corrected chi connectivity index (χ3v) is 4.16. The summed E-state index contributed by atoms with van der Waals surface area (Å²) in [5, 5.41) is 30.7. The molecule has 5 nitrogen and oxygen atoms in total. The summed E-state index contributed by atoms with van der Waals surface area (Å²) in [6.45, 7) is 6.95. The number of carbonyl (C=O) groups is 1. The number of esters is 1. The molecule has 1 aliphatic rings. The van der Waals surface area contributed by atoms with Crippen LogP contribution in [0.3, 0.4) is 0 Å². The molecule has 0 saturated heterocycles. The van der Waals surface area contributed by atoms with Crippen molar-refractivity contribution in [3.05, 3.63) is 11.6 Å². The van der Waals surface area contributed by atoms with Crippen LogP contribution in [0.5, 0.6) is 0 Å². The second-order valence-corrected chi connectivity index (χ2v) is 5.69. The minimum atomic E-state index is -1.44. The number of aliphatic hydroxyl groups is 3. The second-order valence-electron chi connectivity index (χ2n) is 5.69. The zero-order chi connectivity index (χ0) is 15.0. The largest absolute Gasteiger partial charge is 0.466 e. The van der Waals surface area contributed by atoms with E-state index in [-0.39, 0.29) is 5.92 Å². The van der Waals surface area contributed by atoms with Gasteiger partial charge < -0.3 is 20.1 Å². The Morgan fingerprint density at radius 3 is 2.26 bits per heavy atom. The smallest absolute Gasteiger partial charge is 0.333 e. The highest BCUT2D eigenvalue weighted by atomic mass is 16.5. The molecule has 1 saturated carbocycles. The summed E-state index contributed by atoms with van der Waals surface area (Å²) in [5.41, 5.74) is -1.15. The van der Waals surface area contributed by atoms with Crippen LogP contribution in [0.25, 0.3) is 0 Å². The molecule has 0 aromatic heterocycles. The summed E-state index contributed by atoms with van der Waals surface area (Å²) in [5.74, 6) is -1.61. The Hall–Kier alpha value is -0.910. The van der Waals surface area contributed by atoms with E-state index in [4.69, 9.17) is 4.74 Å². The zero-order valence-electron chi connectivity index (χ0n) is 12.1. The predicted octanol–water partition coefficient (Wildman–Crippen LogP) is 0.481. The third kappa shape index (κ3) is 2.55. The number of hydrogen-bond acceptors (Lipinski definition) is 5. The van der Waals surface area contributed by atoms with Crippen molar-refractivity contribution < 1.29 is 24.9 Å². The lowest BCUT2D eigenvalue weighted by Crippen LogP contribution is -2.44. The number of ether oxygens (including phenoxy) is 1. The van der Waals surface area contributed by atoms with E-state index in [0.29, 0.717) is 5.57 Å². The first-order chi connectivity index (χ1) is 8.69. The fraction of sp³-hybridized carbons (Fsp3) is 0.786. The average molecular weight is 272 g/mol. The highest BCUT2D eigenvalue weighted by Gasteiger charge is 2.59.